The molecule has 30 heavy (non-hydrogen) atoms. The van der Waals surface area contributed by atoms with Crippen LogP contribution < -0.4 is 15.6 Å². The van der Waals surface area contributed by atoms with Gasteiger partial charge in [0, 0.05) is 30.2 Å². The molecule has 0 amide bonds. The minimum atomic E-state index is -0.524. The van der Waals surface area contributed by atoms with Gasteiger partial charge >= 0.3 is 0 Å². The van der Waals surface area contributed by atoms with Crippen molar-refractivity contribution < 1.29 is 9.13 Å². The third-order valence-corrected chi connectivity index (χ3v) is 5.66. The van der Waals surface area contributed by atoms with Crippen LogP contribution in [0.5, 0.6) is 5.75 Å². The number of hydrogen-bond donors (Lipinski definition) is 2. The van der Waals surface area contributed by atoms with E-state index in [1.54, 1.807) is 23.6 Å². The van der Waals surface area contributed by atoms with Crippen molar-refractivity contribution in [2.24, 2.45) is 0 Å². The standard InChI is InChI=1S/C21H18ClFN4O2S/c22-16-10-13(3-4-17(16)23)29-12-19-26-20-15(21(28)27-19)6-8-25-18(20)11-24-7-5-14-2-1-9-30-14/h1-4,6,8-10,24H,5,7,11-12H2,(H,26,27,28). The van der Waals surface area contributed by atoms with Gasteiger partial charge in [-0.3, -0.25) is 9.78 Å². The molecule has 0 aliphatic heterocycles. The summed E-state index contributed by atoms with van der Waals surface area (Å²) in [5, 5.41) is 5.84. The fraction of sp³-hybridized carbons (Fsp3) is 0.190. The van der Waals surface area contributed by atoms with Gasteiger partial charge in [-0.25, -0.2) is 9.37 Å². The largest absolute Gasteiger partial charge is 0.486 e. The van der Waals surface area contributed by atoms with Crippen LogP contribution in [-0.4, -0.2) is 21.5 Å². The van der Waals surface area contributed by atoms with Gasteiger partial charge in [-0.05, 0) is 36.1 Å². The van der Waals surface area contributed by atoms with E-state index in [-0.39, 0.29) is 17.2 Å². The van der Waals surface area contributed by atoms with Crippen molar-refractivity contribution in [3.8, 4) is 5.75 Å². The Morgan fingerprint density at radius 2 is 2.17 bits per heavy atom. The molecule has 1 aromatic carbocycles. The summed E-state index contributed by atoms with van der Waals surface area (Å²) >= 11 is 7.49. The fourth-order valence-corrected chi connectivity index (χ4v) is 3.84. The molecule has 4 aromatic rings. The molecule has 4 rings (SSSR count). The topological polar surface area (TPSA) is 79.9 Å². The third kappa shape index (κ3) is 4.84. The first-order chi connectivity index (χ1) is 14.6. The lowest BCUT2D eigenvalue weighted by molar-refractivity contribution is 0.295. The molecule has 0 atom stereocenters. The highest BCUT2D eigenvalue weighted by molar-refractivity contribution is 7.09. The molecule has 3 heterocycles. The average Bonchev–Trinajstić information content (AvgIpc) is 3.26. The molecule has 3 aromatic heterocycles. The Hall–Kier alpha value is -2.81. The Morgan fingerprint density at radius 1 is 1.27 bits per heavy atom. The van der Waals surface area contributed by atoms with Crippen LogP contribution in [0.4, 0.5) is 4.39 Å². The molecular weight excluding hydrogens is 427 g/mol. The van der Waals surface area contributed by atoms with Gasteiger partial charge in [-0.1, -0.05) is 17.7 Å². The van der Waals surface area contributed by atoms with Gasteiger partial charge in [0.15, 0.2) is 0 Å². The van der Waals surface area contributed by atoms with E-state index in [2.05, 4.69) is 31.7 Å². The minimum Gasteiger partial charge on any atom is -0.486 e. The molecule has 6 nitrogen and oxygen atoms in total. The minimum absolute atomic E-state index is 0.00722. The molecule has 9 heteroatoms. The molecule has 0 saturated heterocycles. The van der Waals surface area contributed by atoms with Crippen molar-refractivity contribution in [1.29, 1.82) is 0 Å². The van der Waals surface area contributed by atoms with Gasteiger partial charge in [-0.15, -0.1) is 11.3 Å². The Kier molecular flexibility index (Phi) is 6.37. The monoisotopic (exact) mass is 444 g/mol. The maximum absolute atomic E-state index is 13.3. The van der Waals surface area contributed by atoms with E-state index in [9.17, 15) is 9.18 Å². The van der Waals surface area contributed by atoms with E-state index in [1.165, 1.54) is 23.1 Å². The molecular formula is C21H18ClFN4O2S. The lowest BCUT2D eigenvalue weighted by Gasteiger charge is -2.09. The van der Waals surface area contributed by atoms with Crippen molar-refractivity contribution in [3.05, 3.63) is 85.6 Å². The second kappa shape index (κ2) is 9.34. The smallest absolute Gasteiger partial charge is 0.258 e. The number of nitrogens with zero attached hydrogens (tertiary/aromatic N) is 2. The summed E-state index contributed by atoms with van der Waals surface area (Å²) in [7, 11) is 0. The van der Waals surface area contributed by atoms with Crippen LogP contribution in [0.3, 0.4) is 0 Å². The zero-order valence-electron chi connectivity index (χ0n) is 15.8. The Bertz CT molecular complexity index is 1210. The second-order valence-corrected chi connectivity index (χ2v) is 7.98. The first kappa shape index (κ1) is 20.5. The number of fused-ring (bicyclic) bond motifs is 1. The van der Waals surface area contributed by atoms with Crippen molar-refractivity contribution in [2.45, 2.75) is 19.6 Å². The van der Waals surface area contributed by atoms with Crippen LogP contribution in [0, 0.1) is 5.82 Å². The lowest BCUT2D eigenvalue weighted by atomic mass is 10.2. The number of rotatable bonds is 8. The number of ether oxygens (including phenoxy) is 1. The number of pyridine rings is 1. The molecule has 154 valence electrons. The maximum Gasteiger partial charge on any atom is 0.258 e. The van der Waals surface area contributed by atoms with E-state index < -0.39 is 5.82 Å². The van der Waals surface area contributed by atoms with Gasteiger partial charge in [-0.2, -0.15) is 0 Å². The molecule has 0 aliphatic carbocycles. The van der Waals surface area contributed by atoms with Gasteiger partial charge < -0.3 is 15.0 Å². The van der Waals surface area contributed by atoms with Crippen molar-refractivity contribution in [2.75, 3.05) is 6.54 Å². The summed E-state index contributed by atoms with van der Waals surface area (Å²) < 4.78 is 18.9. The summed E-state index contributed by atoms with van der Waals surface area (Å²) in [6.45, 7) is 1.30. The summed E-state index contributed by atoms with van der Waals surface area (Å²) in [6.07, 6.45) is 2.53. The average molecular weight is 445 g/mol. The van der Waals surface area contributed by atoms with Crippen molar-refractivity contribution >= 4 is 33.8 Å². The zero-order chi connectivity index (χ0) is 20.9. The highest BCUT2D eigenvalue weighted by Crippen LogP contribution is 2.21. The first-order valence-corrected chi connectivity index (χ1v) is 10.5. The van der Waals surface area contributed by atoms with Crippen LogP contribution in [-0.2, 0) is 19.6 Å². The van der Waals surface area contributed by atoms with Crippen molar-refractivity contribution in [3.63, 3.8) is 0 Å². The highest BCUT2D eigenvalue weighted by atomic mass is 35.5. The van der Waals surface area contributed by atoms with Gasteiger partial charge in [0.05, 0.1) is 16.1 Å². The number of thiophene rings is 1. The normalized spacial score (nSPS) is 11.1. The Balaban J connectivity index is 1.48. The van der Waals surface area contributed by atoms with Gasteiger partial charge in [0.2, 0.25) is 0 Å². The van der Waals surface area contributed by atoms with Gasteiger partial charge in [0.1, 0.15) is 29.5 Å². The van der Waals surface area contributed by atoms with Gasteiger partial charge in [0.25, 0.3) is 5.56 Å². The predicted molar refractivity (Wildman–Crippen MR) is 116 cm³/mol. The molecule has 0 spiro atoms. The van der Waals surface area contributed by atoms with E-state index in [0.29, 0.717) is 34.7 Å². The van der Waals surface area contributed by atoms with Crippen LogP contribution >= 0.6 is 22.9 Å². The summed E-state index contributed by atoms with van der Waals surface area (Å²) in [5.74, 6) is 0.204. The lowest BCUT2D eigenvalue weighted by Crippen LogP contribution is -2.20. The molecule has 0 fully saturated rings. The summed E-state index contributed by atoms with van der Waals surface area (Å²) in [5.41, 5.74) is 0.953. The number of benzene rings is 1. The number of aromatic nitrogens is 3. The molecule has 0 bridgehead atoms. The summed E-state index contributed by atoms with van der Waals surface area (Å²) in [6, 6.07) is 9.83. The molecule has 0 radical (unpaired) electrons. The van der Waals surface area contributed by atoms with Crippen LogP contribution in [0.15, 0.2) is 52.8 Å². The summed E-state index contributed by atoms with van der Waals surface area (Å²) in [4.78, 5) is 25.4. The number of hydrogen-bond acceptors (Lipinski definition) is 6. The zero-order valence-corrected chi connectivity index (χ0v) is 17.4. The molecule has 0 saturated carbocycles. The van der Waals surface area contributed by atoms with E-state index in [0.717, 1.165) is 13.0 Å². The third-order valence-electron chi connectivity index (χ3n) is 4.44. The highest BCUT2D eigenvalue weighted by Gasteiger charge is 2.10. The number of H-pyrrole nitrogens is 1. The predicted octanol–water partition coefficient (Wildman–Crippen LogP) is 4.08. The van der Waals surface area contributed by atoms with E-state index in [4.69, 9.17) is 16.3 Å². The number of halogens is 2. The van der Waals surface area contributed by atoms with Crippen LogP contribution in [0.1, 0.15) is 16.4 Å². The van der Waals surface area contributed by atoms with Crippen molar-refractivity contribution in [1.82, 2.24) is 20.3 Å². The quantitative estimate of drug-likeness (QED) is 0.400. The van der Waals surface area contributed by atoms with E-state index >= 15 is 0 Å². The Labute approximate surface area is 180 Å². The van der Waals surface area contributed by atoms with Crippen LogP contribution in [0.2, 0.25) is 5.02 Å². The Morgan fingerprint density at radius 3 is 2.97 bits per heavy atom. The number of aromatic amines is 1. The molecule has 2 N–H and O–H groups in total. The number of nitrogens with one attached hydrogen (secondary N) is 2. The second-order valence-electron chi connectivity index (χ2n) is 6.54. The molecule has 0 aliphatic rings. The first-order valence-electron chi connectivity index (χ1n) is 9.28. The molecule has 0 unspecified atom stereocenters. The fourth-order valence-electron chi connectivity index (χ4n) is 2.96. The maximum atomic E-state index is 13.3. The van der Waals surface area contributed by atoms with E-state index in [1.807, 2.05) is 6.07 Å². The van der Waals surface area contributed by atoms with Crippen LogP contribution in [0.25, 0.3) is 10.9 Å². The SMILES string of the molecule is O=c1[nH]c(COc2ccc(F)c(Cl)c2)nc2c(CNCCc3cccs3)nccc12.